The highest BCUT2D eigenvalue weighted by molar-refractivity contribution is 7.18. The molecule has 0 bridgehead atoms. The van der Waals surface area contributed by atoms with Crippen molar-refractivity contribution < 1.29 is 0 Å². The number of hydrogen-bond acceptors (Lipinski definition) is 5. The Morgan fingerprint density at radius 3 is 2.58 bits per heavy atom. The monoisotopic (exact) mass is 330 g/mol. The second-order valence-electron chi connectivity index (χ2n) is 5.78. The van der Waals surface area contributed by atoms with Gasteiger partial charge in [0.25, 0.3) is 0 Å². The maximum Gasteiger partial charge on any atom is 0.119 e. The Balaban J connectivity index is 1.59. The highest BCUT2D eigenvalue weighted by Crippen LogP contribution is 2.57. The van der Waals surface area contributed by atoms with Crippen LogP contribution in [0.1, 0.15) is 22.8 Å². The molecular formula is C19H14N4S. The van der Waals surface area contributed by atoms with Crippen LogP contribution in [-0.2, 0) is 0 Å². The molecule has 1 fully saturated rings. The van der Waals surface area contributed by atoms with Crippen LogP contribution in [0, 0.1) is 0 Å². The third-order valence-electron chi connectivity index (χ3n) is 4.31. The Hall–Kier alpha value is -2.79. The van der Waals surface area contributed by atoms with Gasteiger partial charge < -0.3 is 4.90 Å². The van der Waals surface area contributed by atoms with Crippen LogP contribution in [-0.4, -0.2) is 15.0 Å². The molecule has 3 aromatic heterocycles. The van der Waals surface area contributed by atoms with Crippen molar-refractivity contribution in [1.29, 1.82) is 0 Å². The summed E-state index contributed by atoms with van der Waals surface area (Å²) >= 11 is 1.76. The summed E-state index contributed by atoms with van der Waals surface area (Å²) in [5.41, 5.74) is 3.25. The fraction of sp³-hybridized carbons (Fsp3) is 0.105. The lowest BCUT2D eigenvalue weighted by Gasteiger charge is -2.04. The van der Waals surface area contributed by atoms with Gasteiger partial charge in [0, 0.05) is 12.4 Å². The van der Waals surface area contributed by atoms with Gasteiger partial charge in [-0.25, -0.2) is 4.98 Å². The van der Waals surface area contributed by atoms with Crippen molar-refractivity contribution in [1.82, 2.24) is 15.0 Å². The summed E-state index contributed by atoms with van der Waals surface area (Å²) in [7, 11) is 0. The van der Waals surface area contributed by atoms with Gasteiger partial charge in [-0.1, -0.05) is 18.2 Å². The summed E-state index contributed by atoms with van der Waals surface area (Å²) in [5.74, 6) is 0. The summed E-state index contributed by atoms with van der Waals surface area (Å²) in [4.78, 5) is 16.0. The van der Waals surface area contributed by atoms with Crippen LogP contribution >= 0.6 is 11.3 Å². The van der Waals surface area contributed by atoms with E-state index < -0.39 is 0 Å². The normalized spacial score (nSPS) is 19.6. The van der Waals surface area contributed by atoms with Crippen molar-refractivity contribution in [2.75, 3.05) is 4.90 Å². The minimum atomic E-state index is 0.218. The van der Waals surface area contributed by atoms with Gasteiger partial charge in [-0.15, -0.1) is 11.3 Å². The van der Waals surface area contributed by atoms with Crippen LogP contribution in [0.25, 0.3) is 10.2 Å². The highest BCUT2D eigenvalue weighted by atomic mass is 32.1. The first kappa shape index (κ1) is 13.6. The number of thiazole rings is 1. The molecule has 4 nitrogen and oxygen atoms in total. The number of rotatable bonds is 3. The Labute approximate surface area is 143 Å². The van der Waals surface area contributed by atoms with E-state index >= 15 is 0 Å². The fourth-order valence-electron chi connectivity index (χ4n) is 3.18. The van der Waals surface area contributed by atoms with Crippen molar-refractivity contribution in [2.45, 2.75) is 12.1 Å². The SMILES string of the molecule is c1ccc([C@@H]2[C@H](c3nc4ccccc4s3)N2c2cccnc2)nc1. The zero-order valence-electron chi connectivity index (χ0n) is 12.8. The number of para-hydroxylation sites is 1. The van der Waals surface area contributed by atoms with E-state index in [0.29, 0.717) is 0 Å². The lowest BCUT2D eigenvalue weighted by atomic mass is 10.2. The van der Waals surface area contributed by atoms with Crippen LogP contribution in [0.2, 0.25) is 0 Å². The first-order valence-corrected chi connectivity index (χ1v) is 8.68. The molecule has 4 heterocycles. The minimum absolute atomic E-state index is 0.218. The highest BCUT2D eigenvalue weighted by Gasteiger charge is 2.52. The number of fused-ring (bicyclic) bond motifs is 1. The number of aromatic nitrogens is 3. The van der Waals surface area contributed by atoms with Gasteiger partial charge in [-0.2, -0.15) is 0 Å². The number of hydrogen-bond donors (Lipinski definition) is 0. The van der Waals surface area contributed by atoms with Crippen LogP contribution in [0.3, 0.4) is 0 Å². The molecule has 0 N–H and O–H groups in total. The van der Waals surface area contributed by atoms with Gasteiger partial charge in [0.15, 0.2) is 0 Å². The second-order valence-corrected chi connectivity index (χ2v) is 6.84. The number of benzene rings is 1. The lowest BCUT2D eigenvalue weighted by Crippen LogP contribution is -1.96. The summed E-state index contributed by atoms with van der Waals surface area (Å²) in [6, 6.07) is 18.9. The molecule has 1 aliphatic rings. The van der Waals surface area contributed by atoms with Crippen molar-refractivity contribution in [3.63, 3.8) is 0 Å². The number of pyridine rings is 2. The summed E-state index contributed by atoms with van der Waals surface area (Å²) in [6.07, 6.45) is 5.56. The third-order valence-corrected chi connectivity index (χ3v) is 5.41. The van der Waals surface area contributed by atoms with E-state index in [-0.39, 0.29) is 12.1 Å². The van der Waals surface area contributed by atoms with E-state index in [1.165, 1.54) is 4.70 Å². The Bertz CT molecular complexity index is 905. The van der Waals surface area contributed by atoms with Gasteiger partial charge in [0.2, 0.25) is 0 Å². The predicted octanol–water partition coefficient (Wildman–Crippen LogP) is 4.39. The Morgan fingerprint density at radius 2 is 1.79 bits per heavy atom. The van der Waals surface area contributed by atoms with E-state index in [1.54, 1.807) is 17.5 Å². The summed E-state index contributed by atoms with van der Waals surface area (Å²) < 4.78 is 1.23. The molecule has 1 aliphatic heterocycles. The van der Waals surface area contributed by atoms with E-state index in [9.17, 15) is 0 Å². The molecule has 0 unspecified atom stereocenters. The molecule has 1 saturated heterocycles. The average Bonchev–Trinajstić information content (AvgIpc) is 3.26. The fourth-order valence-corrected chi connectivity index (χ4v) is 4.28. The maximum atomic E-state index is 4.85. The molecule has 5 heteroatoms. The molecule has 4 aromatic rings. The van der Waals surface area contributed by atoms with Crippen LogP contribution in [0.4, 0.5) is 5.69 Å². The molecule has 0 radical (unpaired) electrons. The van der Waals surface area contributed by atoms with E-state index in [4.69, 9.17) is 4.98 Å². The Morgan fingerprint density at radius 1 is 0.875 bits per heavy atom. The molecule has 2 atom stereocenters. The quantitative estimate of drug-likeness (QED) is 0.523. The van der Waals surface area contributed by atoms with Crippen LogP contribution in [0.15, 0.2) is 73.2 Å². The third kappa shape index (κ3) is 2.17. The molecule has 0 saturated carbocycles. The van der Waals surface area contributed by atoms with Gasteiger partial charge in [-0.3, -0.25) is 9.97 Å². The van der Waals surface area contributed by atoms with E-state index in [2.05, 4.69) is 45.2 Å². The van der Waals surface area contributed by atoms with Gasteiger partial charge in [-0.05, 0) is 36.4 Å². The number of anilines is 1. The maximum absolute atomic E-state index is 4.85. The second kappa shape index (κ2) is 5.39. The van der Waals surface area contributed by atoms with Gasteiger partial charge in [0.05, 0.1) is 33.8 Å². The lowest BCUT2D eigenvalue weighted by molar-refractivity contribution is 0.959. The molecule has 1 aromatic carbocycles. The first-order chi connectivity index (χ1) is 11.9. The zero-order valence-corrected chi connectivity index (χ0v) is 13.6. The first-order valence-electron chi connectivity index (χ1n) is 7.86. The molecule has 5 rings (SSSR count). The van der Waals surface area contributed by atoms with Gasteiger partial charge in [0.1, 0.15) is 11.0 Å². The predicted molar refractivity (Wildman–Crippen MR) is 96.1 cm³/mol. The molecular weight excluding hydrogens is 316 g/mol. The minimum Gasteiger partial charge on any atom is -0.347 e. The molecule has 24 heavy (non-hydrogen) atoms. The summed E-state index contributed by atoms with van der Waals surface area (Å²) in [6.45, 7) is 0. The van der Waals surface area contributed by atoms with Gasteiger partial charge >= 0.3 is 0 Å². The summed E-state index contributed by atoms with van der Waals surface area (Å²) in [5, 5.41) is 1.13. The van der Waals surface area contributed by atoms with Crippen molar-refractivity contribution >= 4 is 27.2 Å². The zero-order chi connectivity index (χ0) is 15.9. The van der Waals surface area contributed by atoms with Crippen LogP contribution < -0.4 is 4.90 Å². The smallest absolute Gasteiger partial charge is 0.119 e. The molecule has 0 amide bonds. The average molecular weight is 330 g/mol. The standard InChI is InChI=1S/C19H14N4S/c1-2-9-16-14(7-1)22-19(24-16)18-17(15-8-3-4-11-21-15)23(18)13-6-5-10-20-12-13/h1-12,17-18H/t17-,18-,23?/m1/s1. The van der Waals surface area contributed by atoms with E-state index in [0.717, 1.165) is 21.9 Å². The molecule has 0 spiro atoms. The van der Waals surface area contributed by atoms with Crippen molar-refractivity contribution in [2.24, 2.45) is 0 Å². The topological polar surface area (TPSA) is 41.7 Å². The number of nitrogens with zero attached hydrogens (tertiary/aromatic N) is 4. The largest absolute Gasteiger partial charge is 0.347 e. The molecule has 116 valence electrons. The Kier molecular flexibility index (Phi) is 3.06. The van der Waals surface area contributed by atoms with Crippen molar-refractivity contribution in [3.05, 3.63) is 83.9 Å². The molecule has 0 aliphatic carbocycles. The van der Waals surface area contributed by atoms with Crippen molar-refractivity contribution in [3.8, 4) is 0 Å². The van der Waals surface area contributed by atoms with Crippen LogP contribution in [0.5, 0.6) is 0 Å². The van der Waals surface area contributed by atoms with E-state index in [1.807, 2.05) is 36.7 Å².